The van der Waals surface area contributed by atoms with Crippen molar-refractivity contribution < 1.29 is 53.0 Å². The third kappa shape index (κ3) is 29.1. The molecule has 9 heterocycles. The minimum Gasteiger partial charge on any atom is -0.497 e. The Bertz CT molecular complexity index is 4790. The van der Waals surface area contributed by atoms with Gasteiger partial charge in [-0.3, -0.25) is 0 Å². The Labute approximate surface area is 668 Å². The fourth-order valence-corrected chi connectivity index (χ4v) is 11.3. The van der Waals surface area contributed by atoms with Crippen molar-refractivity contribution in [1.29, 1.82) is 0 Å². The highest BCUT2D eigenvalue weighted by Gasteiger charge is 2.16. The van der Waals surface area contributed by atoms with Crippen LogP contribution in [0.4, 0.5) is 48.3 Å². The Morgan fingerprint density at radius 2 is 0.596 bits per heavy atom. The van der Waals surface area contributed by atoms with E-state index in [0.29, 0.717) is 26.7 Å². The summed E-state index contributed by atoms with van der Waals surface area (Å²) in [4.78, 5) is 0. The molecule has 9 aliphatic rings. The van der Waals surface area contributed by atoms with Crippen LogP contribution < -0.4 is 52.6 Å². The minimum absolute atomic E-state index is 0.0685. The third-order valence-electron chi connectivity index (χ3n) is 18.2. The first-order valence-corrected chi connectivity index (χ1v) is 37.7. The van der Waals surface area contributed by atoms with Crippen molar-refractivity contribution in [2.75, 3.05) is 125 Å². The first-order chi connectivity index (χ1) is 55.2. The van der Waals surface area contributed by atoms with Crippen molar-refractivity contribution in [2.24, 2.45) is 0 Å². The van der Waals surface area contributed by atoms with E-state index in [2.05, 4.69) is 66.1 Å². The summed E-state index contributed by atoms with van der Waals surface area (Å²) in [5, 5.41) is 28.9. The lowest BCUT2D eigenvalue weighted by Crippen LogP contribution is -2.33. The van der Waals surface area contributed by atoms with Gasteiger partial charge in [0.1, 0.15) is 58.1 Å². The van der Waals surface area contributed by atoms with Crippen molar-refractivity contribution in [1.82, 2.24) is 47.9 Å². The van der Waals surface area contributed by atoms with Gasteiger partial charge in [-0.25, -0.2) is 48.3 Å². The van der Waals surface area contributed by atoms with Gasteiger partial charge in [0.05, 0.1) is 12.1 Å². The lowest BCUT2D eigenvalue weighted by molar-refractivity contribution is 0.414. The van der Waals surface area contributed by atoms with E-state index in [1.165, 1.54) is 123 Å². The summed E-state index contributed by atoms with van der Waals surface area (Å²) in [6, 6.07) is 48.8. The zero-order valence-electron chi connectivity index (χ0n) is 62.6. The average Bonchev–Trinajstić information content (AvgIpc) is 0.879. The van der Waals surface area contributed by atoms with Gasteiger partial charge < -0.3 is 52.6 Å². The highest BCUT2D eigenvalue weighted by Crippen LogP contribution is 2.25. The molecule has 0 spiro atoms. The number of ether oxygens (including phenoxy) is 1. The van der Waals surface area contributed by atoms with E-state index in [0.717, 1.165) is 169 Å². The van der Waals surface area contributed by atoms with Gasteiger partial charge in [-0.2, -0.15) is 0 Å². The Kier molecular flexibility index (Phi) is 34.1. The van der Waals surface area contributed by atoms with Gasteiger partial charge in [-0.1, -0.05) is 151 Å². The predicted molar refractivity (Wildman–Crippen MR) is 442 cm³/mol. The molecule has 9 aromatic rings. The van der Waals surface area contributed by atoms with E-state index < -0.39 is 34.9 Å². The maximum absolute atomic E-state index is 13.2. The monoisotopic (exact) mass is 1600 g/mol. The summed E-state index contributed by atoms with van der Waals surface area (Å²) in [5.74, 6) is -3.75. The Balaban J connectivity index is 0.000000136. The Morgan fingerprint density at radius 3 is 1.03 bits per heavy atom. The molecule has 0 unspecified atom stereocenters. The molecule has 0 aliphatic carbocycles. The van der Waals surface area contributed by atoms with Crippen LogP contribution in [0.1, 0.15) is 50.1 Å². The van der Waals surface area contributed by atoms with Crippen LogP contribution in [0, 0.1) is 64.0 Å². The SMILES string of the molecule is COc1cccc(C=C2CNC2)c1.Fc1cc(Cl)ccc1C=C1CNC1.Fc1ccc(C=C2CNC2)c(Cl)c1.Fc1ccc(C=C2CNC2)c(F)c1.Fc1ccc(C=C2CNC2)cc1.Fc1ccc(C=C2CNC2)cc1F.Fc1cccc(C=C2CNC2)c1.Fc1cccc(F)c1C=C1CNC1.Fc1ccccc1C=C1CNC1. The van der Waals surface area contributed by atoms with Crippen LogP contribution in [-0.4, -0.2) is 125 Å². The van der Waals surface area contributed by atoms with E-state index in [1.54, 1.807) is 79.9 Å². The van der Waals surface area contributed by atoms with Crippen molar-refractivity contribution in [3.05, 3.63) is 362 Å². The first-order valence-electron chi connectivity index (χ1n) is 37.0. The number of hydrogen-bond donors (Lipinski definition) is 9. The topological polar surface area (TPSA) is 118 Å². The van der Waals surface area contributed by atoms with Gasteiger partial charge in [0.25, 0.3) is 0 Å². The van der Waals surface area contributed by atoms with Crippen LogP contribution in [0.5, 0.6) is 5.75 Å². The molecule has 10 nitrogen and oxygen atoms in total. The first kappa shape index (κ1) is 86.3. The van der Waals surface area contributed by atoms with Gasteiger partial charge in [0, 0.05) is 151 Å². The van der Waals surface area contributed by atoms with Crippen LogP contribution in [0.25, 0.3) is 54.7 Å². The van der Waals surface area contributed by atoms with Gasteiger partial charge in [-0.05, 0) is 187 Å². The summed E-state index contributed by atoms with van der Waals surface area (Å²) in [6.07, 6.45) is 17.3. The molecular formula is C91H88Cl2F11N9O. The maximum Gasteiger partial charge on any atom is 0.159 e. The normalized spacial score (nSPS) is 15.4. The average molecular weight is 1600 g/mol. The highest BCUT2D eigenvalue weighted by atomic mass is 35.5. The lowest BCUT2D eigenvalue weighted by atomic mass is 10.1. The second-order valence-electron chi connectivity index (χ2n) is 27.4. The Morgan fingerprint density at radius 1 is 0.246 bits per heavy atom. The summed E-state index contributed by atoms with van der Waals surface area (Å²) in [7, 11) is 1.69. The molecule has 0 bridgehead atoms. The number of halogens is 13. The van der Waals surface area contributed by atoms with Crippen molar-refractivity contribution in [3.63, 3.8) is 0 Å². The van der Waals surface area contributed by atoms with Gasteiger partial charge >= 0.3 is 0 Å². The number of hydrogen-bond acceptors (Lipinski definition) is 10. The number of benzene rings is 9. The fourth-order valence-electron chi connectivity index (χ4n) is 11.0. The second-order valence-corrected chi connectivity index (χ2v) is 28.2. The summed E-state index contributed by atoms with van der Waals surface area (Å²) in [5.41, 5.74) is 18.0. The van der Waals surface area contributed by atoms with E-state index >= 15 is 0 Å². The van der Waals surface area contributed by atoms with Crippen LogP contribution in [0.3, 0.4) is 0 Å². The minimum atomic E-state index is -0.797. The van der Waals surface area contributed by atoms with Crippen LogP contribution in [0.15, 0.2) is 238 Å². The molecule has 0 radical (unpaired) electrons. The summed E-state index contributed by atoms with van der Waals surface area (Å²) < 4.78 is 146. The van der Waals surface area contributed by atoms with Gasteiger partial charge in [-0.15, -0.1) is 0 Å². The molecule has 0 atom stereocenters. The number of nitrogens with one attached hydrogen (secondary N) is 9. The standard InChI is InChI=1S/C11H13NO.2C10H9ClFN.3C10H9F2N.3C10H10FN/c1-13-11-4-2-3-9(6-11)5-10-7-12-8-10;11-10-4-9(12)2-1-8(10)3-7-5-13-6-7;2*11-9-2-1-8(10(12)4-9)3-7-5-13-6-7;11-9-2-1-7(4-10(9)12)3-8-5-13-6-8;11-9-2-1-3-10(12)8(9)4-7-5-13-6-7;11-10-3-1-8(2-4-10)5-9-6-12-7-9;11-10-3-1-2-8(5-10)4-9-6-12-7-9;11-10-4-2-1-3-9(10)5-8-6-12-7-8/h2-6,12H,7-8H2,1H3;5*1-4,13H,5-6H2;3*1-5,12H,6-7H2. The highest BCUT2D eigenvalue weighted by molar-refractivity contribution is 6.32. The molecule has 0 saturated carbocycles. The largest absolute Gasteiger partial charge is 0.497 e. The fraction of sp³-hybridized carbons (Fsp3) is 0.209. The lowest BCUT2D eigenvalue weighted by Gasteiger charge is -2.18. The van der Waals surface area contributed by atoms with Crippen LogP contribution >= 0.6 is 23.2 Å². The molecule has 0 amide bonds. The summed E-state index contributed by atoms with van der Waals surface area (Å²) >= 11 is 11.5. The van der Waals surface area contributed by atoms with Gasteiger partial charge in [0.2, 0.25) is 0 Å². The quantitative estimate of drug-likeness (QED) is 0.0613. The maximum atomic E-state index is 13.2. The molecule has 9 aromatic carbocycles. The van der Waals surface area contributed by atoms with E-state index in [1.807, 2.05) is 60.7 Å². The number of methoxy groups -OCH3 is 1. The number of rotatable bonds is 10. The molecule has 18 rings (SSSR count). The van der Waals surface area contributed by atoms with Crippen LogP contribution in [0.2, 0.25) is 10.0 Å². The van der Waals surface area contributed by atoms with E-state index in [9.17, 15) is 48.3 Å². The van der Waals surface area contributed by atoms with Crippen molar-refractivity contribution >= 4 is 77.9 Å². The zero-order chi connectivity index (χ0) is 80.6. The van der Waals surface area contributed by atoms with Crippen molar-refractivity contribution in [2.45, 2.75) is 0 Å². The molecule has 114 heavy (non-hydrogen) atoms. The second kappa shape index (κ2) is 45.1. The molecule has 9 N–H and O–H groups in total. The Hall–Kier alpha value is -10.1. The molecule has 9 saturated heterocycles. The van der Waals surface area contributed by atoms with E-state index in [-0.39, 0.29) is 34.6 Å². The molecular weight excluding hydrogens is 1510 g/mol. The third-order valence-corrected chi connectivity index (χ3v) is 18.7. The summed E-state index contributed by atoms with van der Waals surface area (Å²) in [6.45, 7) is 16.0. The predicted octanol–water partition coefficient (Wildman–Crippen LogP) is 17.9. The molecule has 594 valence electrons. The van der Waals surface area contributed by atoms with Gasteiger partial charge in [0.15, 0.2) is 11.6 Å². The molecule has 0 aromatic heterocycles. The zero-order valence-corrected chi connectivity index (χ0v) is 64.2. The smallest absolute Gasteiger partial charge is 0.159 e. The van der Waals surface area contributed by atoms with Crippen LogP contribution in [-0.2, 0) is 0 Å². The molecule has 9 fully saturated rings. The van der Waals surface area contributed by atoms with Crippen molar-refractivity contribution in [3.8, 4) is 5.75 Å². The molecule has 9 aliphatic heterocycles. The molecule has 23 heteroatoms. The van der Waals surface area contributed by atoms with E-state index in [4.69, 9.17) is 27.9 Å².